The quantitative estimate of drug-likeness (QED) is 0.587. The molecule has 1 heterocycles. The number of hydrogen-bond donors (Lipinski definition) is 1. The van der Waals surface area contributed by atoms with Crippen molar-refractivity contribution in [3.63, 3.8) is 0 Å². The number of benzene rings is 2. The SMILES string of the molecule is CC(C(=O)Nc1ccc(C(=O)OC2CCCCC2)cc1)N1C(=O)c2ccccc2C1=O. The number of esters is 1. The molecule has 2 aliphatic rings. The van der Waals surface area contributed by atoms with Crippen molar-refractivity contribution in [2.45, 2.75) is 51.2 Å². The van der Waals surface area contributed by atoms with Crippen LogP contribution >= 0.6 is 0 Å². The third kappa shape index (κ3) is 4.21. The Kier molecular flexibility index (Phi) is 5.84. The van der Waals surface area contributed by atoms with Crippen molar-refractivity contribution in [1.29, 1.82) is 0 Å². The highest BCUT2D eigenvalue weighted by Gasteiger charge is 2.40. The maximum absolute atomic E-state index is 12.7. The molecule has 0 saturated heterocycles. The van der Waals surface area contributed by atoms with Crippen molar-refractivity contribution in [3.05, 3.63) is 65.2 Å². The Morgan fingerprint density at radius 1 is 0.935 bits per heavy atom. The van der Waals surface area contributed by atoms with E-state index in [0.717, 1.165) is 30.6 Å². The normalized spacial score (nSPS) is 17.3. The third-order valence-corrected chi connectivity index (χ3v) is 5.81. The van der Waals surface area contributed by atoms with Gasteiger partial charge in [0.2, 0.25) is 5.91 Å². The fraction of sp³-hybridized carbons (Fsp3) is 0.333. The highest BCUT2D eigenvalue weighted by molar-refractivity contribution is 6.23. The van der Waals surface area contributed by atoms with Crippen molar-refractivity contribution in [2.24, 2.45) is 0 Å². The standard InChI is InChI=1S/C24H24N2O5/c1-15(26-22(28)19-9-5-6-10-20(19)23(26)29)21(27)25-17-13-11-16(12-14-17)24(30)31-18-7-3-2-4-8-18/h5-6,9-15,18H,2-4,7-8H2,1H3,(H,25,27). The van der Waals surface area contributed by atoms with E-state index in [9.17, 15) is 19.2 Å². The summed E-state index contributed by atoms with van der Waals surface area (Å²) in [5, 5.41) is 2.70. The number of anilines is 1. The summed E-state index contributed by atoms with van der Waals surface area (Å²) >= 11 is 0. The van der Waals surface area contributed by atoms with E-state index >= 15 is 0 Å². The highest BCUT2D eigenvalue weighted by Crippen LogP contribution is 2.25. The van der Waals surface area contributed by atoms with E-state index in [1.165, 1.54) is 13.3 Å². The van der Waals surface area contributed by atoms with Gasteiger partial charge in [0.15, 0.2) is 0 Å². The van der Waals surface area contributed by atoms with E-state index in [-0.39, 0.29) is 12.1 Å². The minimum Gasteiger partial charge on any atom is -0.459 e. The number of carbonyl (C=O) groups is 4. The molecule has 4 rings (SSSR count). The zero-order chi connectivity index (χ0) is 22.0. The van der Waals surface area contributed by atoms with Gasteiger partial charge in [-0.25, -0.2) is 4.79 Å². The number of rotatable bonds is 5. The molecule has 1 aliphatic carbocycles. The Hall–Kier alpha value is -3.48. The van der Waals surface area contributed by atoms with Crippen molar-refractivity contribution in [3.8, 4) is 0 Å². The van der Waals surface area contributed by atoms with E-state index in [2.05, 4.69) is 5.32 Å². The number of nitrogens with zero attached hydrogens (tertiary/aromatic N) is 1. The zero-order valence-electron chi connectivity index (χ0n) is 17.3. The average molecular weight is 420 g/mol. The van der Waals surface area contributed by atoms with Gasteiger partial charge in [0.05, 0.1) is 16.7 Å². The summed E-state index contributed by atoms with van der Waals surface area (Å²) in [6, 6.07) is 11.9. The van der Waals surface area contributed by atoms with Crippen LogP contribution in [0.3, 0.4) is 0 Å². The second kappa shape index (κ2) is 8.71. The highest BCUT2D eigenvalue weighted by atomic mass is 16.5. The summed E-state index contributed by atoms with van der Waals surface area (Å²) in [6.07, 6.45) is 5.11. The topological polar surface area (TPSA) is 92.8 Å². The number of amides is 3. The molecule has 3 amide bonds. The predicted molar refractivity (Wildman–Crippen MR) is 114 cm³/mol. The van der Waals surface area contributed by atoms with Crippen LogP contribution in [0.1, 0.15) is 70.1 Å². The molecular formula is C24H24N2O5. The predicted octanol–water partition coefficient (Wildman–Crippen LogP) is 3.80. The fourth-order valence-corrected chi connectivity index (χ4v) is 4.02. The first-order chi connectivity index (χ1) is 15.0. The lowest BCUT2D eigenvalue weighted by atomic mass is 9.98. The van der Waals surface area contributed by atoms with Gasteiger partial charge in [-0.1, -0.05) is 18.6 Å². The number of imide groups is 1. The molecule has 0 bridgehead atoms. The van der Waals surface area contributed by atoms with Crippen LogP contribution in [0, 0.1) is 0 Å². The lowest BCUT2D eigenvalue weighted by molar-refractivity contribution is -0.119. The van der Waals surface area contributed by atoms with E-state index in [1.54, 1.807) is 48.5 Å². The first-order valence-electron chi connectivity index (χ1n) is 10.5. The van der Waals surface area contributed by atoms with Crippen LogP contribution in [0.15, 0.2) is 48.5 Å². The average Bonchev–Trinajstić information content (AvgIpc) is 3.04. The Balaban J connectivity index is 1.38. The summed E-state index contributed by atoms with van der Waals surface area (Å²) in [7, 11) is 0. The molecule has 1 fully saturated rings. The summed E-state index contributed by atoms with van der Waals surface area (Å²) in [6.45, 7) is 1.51. The molecular weight excluding hydrogens is 396 g/mol. The molecule has 2 aromatic rings. The maximum atomic E-state index is 12.7. The van der Waals surface area contributed by atoms with Gasteiger partial charge >= 0.3 is 5.97 Å². The molecule has 0 aromatic heterocycles. The van der Waals surface area contributed by atoms with Crippen LogP contribution in [-0.4, -0.2) is 40.7 Å². The van der Waals surface area contributed by atoms with Crippen LogP contribution in [-0.2, 0) is 9.53 Å². The summed E-state index contributed by atoms with van der Waals surface area (Å²) in [5.74, 6) is -1.83. The summed E-state index contributed by atoms with van der Waals surface area (Å²) < 4.78 is 5.55. The minimum absolute atomic E-state index is 0.0267. The fourth-order valence-electron chi connectivity index (χ4n) is 4.02. The number of hydrogen-bond acceptors (Lipinski definition) is 5. The molecule has 31 heavy (non-hydrogen) atoms. The van der Waals surface area contributed by atoms with Crippen molar-refractivity contribution >= 4 is 29.4 Å². The second-order valence-electron chi connectivity index (χ2n) is 7.93. The maximum Gasteiger partial charge on any atom is 0.338 e. The number of nitrogens with one attached hydrogen (secondary N) is 1. The molecule has 0 spiro atoms. The van der Waals surface area contributed by atoms with E-state index in [1.807, 2.05) is 0 Å². The summed E-state index contributed by atoms with van der Waals surface area (Å²) in [4.78, 5) is 51.1. The van der Waals surface area contributed by atoms with Gasteiger partial charge in [-0.15, -0.1) is 0 Å². The van der Waals surface area contributed by atoms with E-state index < -0.39 is 23.8 Å². The Labute approximate surface area is 180 Å². The van der Waals surface area contributed by atoms with Gasteiger partial charge in [-0.2, -0.15) is 0 Å². The van der Waals surface area contributed by atoms with E-state index in [4.69, 9.17) is 4.74 Å². The lowest BCUT2D eigenvalue weighted by Gasteiger charge is -2.22. The Morgan fingerprint density at radius 2 is 1.52 bits per heavy atom. The van der Waals surface area contributed by atoms with Crippen molar-refractivity contribution in [2.75, 3.05) is 5.32 Å². The molecule has 7 nitrogen and oxygen atoms in total. The first-order valence-corrected chi connectivity index (χ1v) is 10.5. The monoisotopic (exact) mass is 420 g/mol. The molecule has 160 valence electrons. The third-order valence-electron chi connectivity index (χ3n) is 5.81. The molecule has 7 heteroatoms. The van der Waals surface area contributed by atoms with Crippen LogP contribution in [0.5, 0.6) is 0 Å². The van der Waals surface area contributed by atoms with Crippen molar-refractivity contribution in [1.82, 2.24) is 4.90 Å². The van der Waals surface area contributed by atoms with Crippen molar-refractivity contribution < 1.29 is 23.9 Å². The van der Waals surface area contributed by atoms with Crippen LogP contribution in [0.4, 0.5) is 5.69 Å². The minimum atomic E-state index is -0.983. The molecule has 2 aromatic carbocycles. The number of carbonyl (C=O) groups excluding carboxylic acids is 4. The molecule has 1 N–H and O–H groups in total. The van der Waals surface area contributed by atoms with Gasteiger partial charge < -0.3 is 10.1 Å². The van der Waals surface area contributed by atoms with E-state index in [0.29, 0.717) is 22.4 Å². The lowest BCUT2D eigenvalue weighted by Crippen LogP contribution is -2.45. The van der Waals surface area contributed by atoms with Gasteiger partial charge in [0, 0.05) is 5.69 Å². The molecule has 1 unspecified atom stereocenters. The second-order valence-corrected chi connectivity index (χ2v) is 7.93. The van der Waals surface area contributed by atoms with Crippen LogP contribution < -0.4 is 5.32 Å². The van der Waals surface area contributed by atoms with Crippen LogP contribution in [0.2, 0.25) is 0 Å². The van der Waals surface area contributed by atoms with Gasteiger partial charge in [-0.05, 0) is 69.0 Å². The largest absolute Gasteiger partial charge is 0.459 e. The van der Waals surface area contributed by atoms with Gasteiger partial charge in [0.25, 0.3) is 11.8 Å². The van der Waals surface area contributed by atoms with Gasteiger partial charge in [-0.3, -0.25) is 19.3 Å². The smallest absolute Gasteiger partial charge is 0.338 e. The summed E-state index contributed by atoms with van der Waals surface area (Å²) in [5.41, 5.74) is 1.47. The van der Waals surface area contributed by atoms with Gasteiger partial charge in [0.1, 0.15) is 12.1 Å². The number of fused-ring (bicyclic) bond motifs is 1. The Bertz CT molecular complexity index is 990. The molecule has 1 atom stereocenters. The Morgan fingerprint density at radius 3 is 2.10 bits per heavy atom. The number of ether oxygens (including phenoxy) is 1. The molecule has 1 aliphatic heterocycles. The van der Waals surface area contributed by atoms with Crippen LogP contribution in [0.25, 0.3) is 0 Å². The zero-order valence-corrected chi connectivity index (χ0v) is 17.3. The molecule has 0 radical (unpaired) electrons. The molecule has 1 saturated carbocycles. The first kappa shape index (κ1) is 20.8.